The van der Waals surface area contributed by atoms with Gasteiger partial charge in [-0.1, -0.05) is 12.1 Å². The second-order valence-electron chi connectivity index (χ2n) is 3.06. The van der Waals surface area contributed by atoms with Crippen molar-refractivity contribution in [2.45, 2.75) is 13.8 Å². The summed E-state index contributed by atoms with van der Waals surface area (Å²) in [6.45, 7) is 10.0. The molecule has 2 rings (SSSR count). The van der Waals surface area contributed by atoms with Crippen molar-refractivity contribution >= 4 is 0 Å². The fraction of sp³-hybridized carbons (Fsp3) is 0.143. The lowest BCUT2D eigenvalue weighted by Gasteiger charge is -1.82. The molecule has 0 fully saturated rings. The monoisotopic (exact) mass is 214 g/mol. The van der Waals surface area contributed by atoms with Gasteiger partial charge in [0.1, 0.15) is 0 Å². The van der Waals surface area contributed by atoms with Gasteiger partial charge in [0.2, 0.25) is 0 Å². The fourth-order valence-electron chi connectivity index (χ4n) is 0.896. The van der Waals surface area contributed by atoms with Gasteiger partial charge in [-0.15, -0.1) is 13.2 Å². The minimum Gasteiger partial charge on any atom is -0.264 e. The second kappa shape index (κ2) is 9.59. The lowest BCUT2D eigenvalue weighted by atomic mass is 10.3. The van der Waals surface area contributed by atoms with E-state index in [9.17, 15) is 0 Å². The largest absolute Gasteiger partial charge is 0.264 e. The van der Waals surface area contributed by atoms with E-state index in [1.807, 2.05) is 50.5 Å². The van der Waals surface area contributed by atoms with Gasteiger partial charge < -0.3 is 0 Å². The Labute approximate surface area is 97.7 Å². The summed E-state index contributed by atoms with van der Waals surface area (Å²) in [6, 6.07) is 7.89. The molecule has 0 atom stereocenters. The van der Waals surface area contributed by atoms with E-state index in [-0.39, 0.29) is 0 Å². The highest BCUT2D eigenvalue weighted by molar-refractivity contribution is 5.05. The first-order valence-corrected chi connectivity index (χ1v) is 5.02. The molecule has 0 aliphatic rings. The molecule has 0 aliphatic heterocycles. The lowest BCUT2D eigenvalue weighted by molar-refractivity contribution is 1.27. The van der Waals surface area contributed by atoms with Crippen LogP contribution in [-0.4, -0.2) is 9.97 Å². The fourth-order valence-corrected chi connectivity index (χ4v) is 0.896. The third-order valence-corrected chi connectivity index (χ3v) is 1.62. The molecule has 0 spiro atoms. The normalized spacial score (nSPS) is 7.88. The Balaban J connectivity index is 0.000000244. The maximum absolute atomic E-state index is 3.88. The highest BCUT2D eigenvalue weighted by Crippen LogP contribution is 1.88. The van der Waals surface area contributed by atoms with Gasteiger partial charge in [-0.25, -0.2) is 0 Å². The number of aromatic nitrogens is 2. The molecule has 0 bridgehead atoms. The number of aryl methyl sites for hydroxylation is 2. The molecule has 0 amide bonds. The zero-order chi connectivity index (χ0) is 12.2. The quantitative estimate of drug-likeness (QED) is 0.626. The first kappa shape index (κ1) is 14.0. The first-order valence-electron chi connectivity index (χ1n) is 5.02. The molecular formula is C14H18N2. The van der Waals surface area contributed by atoms with E-state index < -0.39 is 0 Å². The van der Waals surface area contributed by atoms with E-state index in [4.69, 9.17) is 0 Å². The molecule has 0 saturated carbocycles. The number of hydrogen-bond acceptors (Lipinski definition) is 2. The van der Waals surface area contributed by atoms with Gasteiger partial charge in [0.15, 0.2) is 0 Å². The number of pyridine rings is 2. The summed E-state index contributed by atoms with van der Waals surface area (Å²) in [7, 11) is 0. The Bertz CT molecular complexity index is 320. The molecule has 2 nitrogen and oxygen atoms in total. The van der Waals surface area contributed by atoms with Crippen LogP contribution < -0.4 is 0 Å². The lowest BCUT2D eigenvalue weighted by Crippen LogP contribution is -1.69. The van der Waals surface area contributed by atoms with Gasteiger partial charge >= 0.3 is 0 Å². The predicted molar refractivity (Wildman–Crippen MR) is 69.2 cm³/mol. The van der Waals surface area contributed by atoms with Gasteiger partial charge in [-0.05, 0) is 37.1 Å². The molecule has 0 aromatic carbocycles. The zero-order valence-electron chi connectivity index (χ0n) is 9.93. The van der Waals surface area contributed by atoms with Crippen LogP contribution in [0.15, 0.2) is 62.2 Å². The van der Waals surface area contributed by atoms with Crippen LogP contribution >= 0.6 is 0 Å². The number of hydrogen-bond donors (Lipinski definition) is 0. The Kier molecular flexibility index (Phi) is 8.41. The third-order valence-electron chi connectivity index (χ3n) is 1.62. The molecule has 2 heteroatoms. The average Bonchev–Trinajstić information content (AvgIpc) is 2.34. The molecule has 2 aromatic heterocycles. The van der Waals surface area contributed by atoms with E-state index >= 15 is 0 Å². The second-order valence-corrected chi connectivity index (χ2v) is 3.06. The first-order chi connectivity index (χ1) is 7.79. The Morgan fingerprint density at radius 3 is 1.31 bits per heavy atom. The van der Waals surface area contributed by atoms with Crippen molar-refractivity contribution in [1.29, 1.82) is 0 Å². The maximum atomic E-state index is 3.88. The molecule has 0 saturated heterocycles. The van der Waals surface area contributed by atoms with Crippen molar-refractivity contribution in [2.75, 3.05) is 0 Å². The molecule has 16 heavy (non-hydrogen) atoms. The summed E-state index contributed by atoms with van der Waals surface area (Å²) in [5.74, 6) is 0. The summed E-state index contributed by atoms with van der Waals surface area (Å²) >= 11 is 0. The van der Waals surface area contributed by atoms with Crippen LogP contribution in [0.2, 0.25) is 0 Å². The summed E-state index contributed by atoms with van der Waals surface area (Å²) in [6.07, 6.45) is 7.21. The summed E-state index contributed by atoms with van der Waals surface area (Å²) in [5.41, 5.74) is 2.42. The maximum Gasteiger partial charge on any atom is 0.0297 e. The molecule has 0 aliphatic carbocycles. The Hall–Kier alpha value is -1.96. The predicted octanol–water partition coefficient (Wildman–Crippen LogP) is 3.58. The van der Waals surface area contributed by atoms with Crippen LogP contribution in [0.4, 0.5) is 0 Å². The van der Waals surface area contributed by atoms with Crippen LogP contribution in [0.3, 0.4) is 0 Å². The highest BCUT2D eigenvalue weighted by Gasteiger charge is 1.73. The Morgan fingerprint density at radius 2 is 1.19 bits per heavy atom. The van der Waals surface area contributed by atoms with Gasteiger partial charge in [0, 0.05) is 24.8 Å². The van der Waals surface area contributed by atoms with Crippen LogP contribution in [0, 0.1) is 13.8 Å². The van der Waals surface area contributed by atoms with Crippen molar-refractivity contribution in [3.63, 3.8) is 0 Å². The molecule has 2 heterocycles. The highest BCUT2D eigenvalue weighted by atomic mass is 14.6. The van der Waals surface area contributed by atoms with Crippen LogP contribution in [0.5, 0.6) is 0 Å². The van der Waals surface area contributed by atoms with Crippen LogP contribution in [0.25, 0.3) is 0 Å². The molecular weight excluding hydrogens is 196 g/mol. The van der Waals surface area contributed by atoms with Crippen LogP contribution in [-0.2, 0) is 0 Å². The zero-order valence-corrected chi connectivity index (χ0v) is 9.93. The van der Waals surface area contributed by atoms with Crippen molar-refractivity contribution in [1.82, 2.24) is 9.97 Å². The van der Waals surface area contributed by atoms with E-state index in [0.29, 0.717) is 0 Å². The van der Waals surface area contributed by atoms with Gasteiger partial charge in [-0.3, -0.25) is 9.97 Å². The van der Waals surface area contributed by atoms with Crippen molar-refractivity contribution in [3.05, 3.63) is 73.3 Å². The molecule has 2 aromatic rings. The summed E-state index contributed by atoms with van der Waals surface area (Å²) < 4.78 is 0. The minimum absolute atomic E-state index is 1.21. The summed E-state index contributed by atoms with van der Waals surface area (Å²) in [4.78, 5) is 7.77. The topological polar surface area (TPSA) is 25.8 Å². The van der Waals surface area contributed by atoms with E-state index in [1.165, 1.54) is 11.1 Å². The number of rotatable bonds is 0. The smallest absolute Gasteiger partial charge is 0.0297 e. The van der Waals surface area contributed by atoms with Crippen molar-refractivity contribution < 1.29 is 0 Å². The average molecular weight is 214 g/mol. The SMILES string of the molecule is C=C.Cc1cccnc1.Cc1cccnc1. The molecule has 0 unspecified atom stereocenters. The summed E-state index contributed by atoms with van der Waals surface area (Å²) in [5, 5.41) is 0. The Morgan fingerprint density at radius 1 is 0.812 bits per heavy atom. The van der Waals surface area contributed by atoms with Gasteiger partial charge in [-0.2, -0.15) is 0 Å². The standard InChI is InChI=1S/2C6H7N.C2H4/c2*1-6-3-2-4-7-5-6;1-2/h2*2-5H,1H3;1-2H2. The van der Waals surface area contributed by atoms with E-state index in [2.05, 4.69) is 23.1 Å². The minimum atomic E-state index is 1.21. The molecule has 0 N–H and O–H groups in total. The van der Waals surface area contributed by atoms with Crippen molar-refractivity contribution in [2.24, 2.45) is 0 Å². The van der Waals surface area contributed by atoms with E-state index in [1.54, 1.807) is 12.4 Å². The number of nitrogens with zero attached hydrogens (tertiary/aromatic N) is 2. The van der Waals surface area contributed by atoms with Crippen molar-refractivity contribution in [3.8, 4) is 0 Å². The van der Waals surface area contributed by atoms with E-state index in [0.717, 1.165) is 0 Å². The van der Waals surface area contributed by atoms with Gasteiger partial charge in [0.25, 0.3) is 0 Å². The van der Waals surface area contributed by atoms with Crippen LogP contribution in [0.1, 0.15) is 11.1 Å². The molecule has 84 valence electrons. The molecule has 0 radical (unpaired) electrons. The third kappa shape index (κ3) is 7.44. The van der Waals surface area contributed by atoms with Gasteiger partial charge in [0.05, 0.1) is 0 Å².